The van der Waals surface area contributed by atoms with Crippen LogP contribution in [0.2, 0.25) is 0 Å². The molecule has 3 rings (SSSR count). The molecule has 0 amide bonds. The Morgan fingerprint density at radius 1 is 1.09 bits per heavy atom. The lowest BCUT2D eigenvalue weighted by molar-refractivity contribution is 0.687. The average molecular weight is 293 g/mol. The minimum Gasteiger partial charge on any atom is -0.370 e. The van der Waals surface area contributed by atoms with E-state index in [1.807, 2.05) is 12.1 Å². The molecular weight excluding hydrogens is 270 g/mol. The summed E-state index contributed by atoms with van der Waals surface area (Å²) in [5.41, 5.74) is 12.5. The SMILES string of the molecule is Cc1ccccc1CN=C(N)Nc1cccc2c1CCCC2. The van der Waals surface area contributed by atoms with E-state index >= 15 is 0 Å². The van der Waals surface area contributed by atoms with Gasteiger partial charge in [-0.25, -0.2) is 4.99 Å². The summed E-state index contributed by atoms with van der Waals surface area (Å²) in [6.07, 6.45) is 4.84. The van der Waals surface area contributed by atoms with Gasteiger partial charge in [-0.15, -0.1) is 0 Å². The second-order valence-corrected chi connectivity index (χ2v) is 5.90. The molecular formula is C19H23N3. The number of anilines is 1. The molecule has 0 heterocycles. The number of guanidine groups is 1. The molecule has 0 fully saturated rings. The predicted octanol–water partition coefficient (Wildman–Crippen LogP) is 3.80. The number of nitrogens with one attached hydrogen (secondary N) is 1. The maximum absolute atomic E-state index is 6.08. The number of nitrogens with zero attached hydrogens (tertiary/aromatic N) is 1. The van der Waals surface area contributed by atoms with Gasteiger partial charge in [-0.1, -0.05) is 36.4 Å². The van der Waals surface area contributed by atoms with E-state index in [4.69, 9.17) is 5.73 Å². The van der Waals surface area contributed by atoms with Crippen molar-refractivity contribution >= 4 is 11.6 Å². The van der Waals surface area contributed by atoms with Crippen molar-refractivity contribution in [3.8, 4) is 0 Å². The molecule has 2 aromatic carbocycles. The molecule has 0 aliphatic heterocycles. The summed E-state index contributed by atoms with van der Waals surface area (Å²) in [6.45, 7) is 2.71. The minimum absolute atomic E-state index is 0.488. The second-order valence-electron chi connectivity index (χ2n) is 5.90. The summed E-state index contributed by atoms with van der Waals surface area (Å²) >= 11 is 0. The molecule has 0 atom stereocenters. The highest BCUT2D eigenvalue weighted by Gasteiger charge is 2.13. The predicted molar refractivity (Wildman–Crippen MR) is 93.2 cm³/mol. The van der Waals surface area contributed by atoms with E-state index in [1.54, 1.807) is 0 Å². The van der Waals surface area contributed by atoms with Gasteiger partial charge in [-0.2, -0.15) is 0 Å². The fourth-order valence-corrected chi connectivity index (χ4v) is 3.03. The van der Waals surface area contributed by atoms with Crippen molar-refractivity contribution < 1.29 is 0 Å². The van der Waals surface area contributed by atoms with Crippen LogP contribution in [-0.4, -0.2) is 5.96 Å². The Labute approximate surface area is 132 Å². The molecule has 114 valence electrons. The number of hydrogen-bond acceptors (Lipinski definition) is 1. The highest BCUT2D eigenvalue weighted by atomic mass is 15.1. The number of benzene rings is 2. The molecule has 0 unspecified atom stereocenters. The number of hydrogen-bond donors (Lipinski definition) is 2. The first kappa shape index (κ1) is 14.6. The zero-order valence-electron chi connectivity index (χ0n) is 13.1. The fraction of sp³-hybridized carbons (Fsp3) is 0.316. The number of fused-ring (bicyclic) bond motifs is 1. The van der Waals surface area contributed by atoms with Crippen molar-refractivity contribution in [1.82, 2.24) is 0 Å². The molecule has 0 spiro atoms. The van der Waals surface area contributed by atoms with Gasteiger partial charge in [-0.05, 0) is 60.9 Å². The zero-order valence-corrected chi connectivity index (χ0v) is 13.1. The topological polar surface area (TPSA) is 50.4 Å². The van der Waals surface area contributed by atoms with E-state index in [1.165, 1.54) is 41.5 Å². The van der Waals surface area contributed by atoms with Gasteiger partial charge in [0.15, 0.2) is 5.96 Å². The van der Waals surface area contributed by atoms with E-state index in [2.05, 4.69) is 47.6 Å². The molecule has 0 saturated carbocycles. The second kappa shape index (κ2) is 6.65. The van der Waals surface area contributed by atoms with Gasteiger partial charge in [0.1, 0.15) is 0 Å². The van der Waals surface area contributed by atoms with E-state index in [-0.39, 0.29) is 0 Å². The zero-order chi connectivity index (χ0) is 15.4. The van der Waals surface area contributed by atoms with Gasteiger partial charge >= 0.3 is 0 Å². The van der Waals surface area contributed by atoms with Gasteiger partial charge in [0, 0.05) is 5.69 Å². The third kappa shape index (κ3) is 3.30. The van der Waals surface area contributed by atoms with Crippen LogP contribution >= 0.6 is 0 Å². The molecule has 0 radical (unpaired) electrons. The molecule has 3 heteroatoms. The largest absolute Gasteiger partial charge is 0.370 e. The summed E-state index contributed by atoms with van der Waals surface area (Å²) in [7, 11) is 0. The number of nitrogens with two attached hydrogens (primary N) is 1. The van der Waals surface area contributed by atoms with Crippen molar-refractivity contribution in [2.45, 2.75) is 39.2 Å². The molecule has 2 aromatic rings. The Balaban J connectivity index is 1.73. The van der Waals surface area contributed by atoms with Gasteiger partial charge in [-0.3, -0.25) is 0 Å². The van der Waals surface area contributed by atoms with Crippen LogP contribution in [0, 0.1) is 6.92 Å². The van der Waals surface area contributed by atoms with Crippen LogP contribution in [-0.2, 0) is 19.4 Å². The van der Waals surface area contributed by atoms with Crippen LogP contribution in [0.4, 0.5) is 5.69 Å². The van der Waals surface area contributed by atoms with Gasteiger partial charge < -0.3 is 11.1 Å². The Bertz CT molecular complexity index is 689. The first-order chi connectivity index (χ1) is 10.7. The van der Waals surface area contributed by atoms with Crippen molar-refractivity contribution in [2.24, 2.45) is 10.7 Å². The Morgan fingerprint density at radius 2 is 1.91 bits per heavy atom. The van der Waals surface area contributed by atoms with Crippen LogP contribution in [0.5, 0.6) is 0 Å². The third-order valence-electron chi connectivity index (χ3n) is 4.34. The standard InChI is InChI=1S/C19H23N3/c1-14-7-2-3-9-16(14)13-21-19(20)22-18-12-6-10-15-8-4-5-11-17(15)18/h2-3,6-7,9-10,12H,4-5,8,11,13H2,1H3,(H3,20,21,22). The maximum Gasteiger partial charge on any atom is 0.193 e. The van der Waals surface area contributed by atoms with Gasteiger partial charge in [0.25, 0.3) is 0 Å². The fourth-order valence-electron chi connectivity index (χ4n) is 3.03. The van der Waals surface area contributed by atoms with Crippen molar-refractivity contribution in [3.05, 3.63) is 64.7 Å². The van der Waals surface area contributed by atoms with Gasteiger partial charge in [0.05, 0.1) is 6.54 Å². The Kier molecular flexibility index (Phi) is 4.42. The first-order valence-electron chi connectivity index (χ1n) is 7.96. The number of aliphatic imine (C=N–C) groups is 1. The van der Waals surface area contributed by atoms with Crippen molar-refractivity contribution in [1.29, 1.82) is 0 Å². The Hall–Kier alpha value is -2.29. The summed E-state index contributed by atoms with van der Waals surface area (Å²) in [5.74, 6) is 0.488. The number of rotatable bonds is 3. The third-order valence-corrected chi connectivity index (χ3v) is 4.34. The molecule has 22 heavy (non-hydrogen) atoms. The van der Waals surface area contributed by atoms with Crippen LogP contribution < -0.4 is 11.1 Å². The number of aryl methyl sites for hydroxylation is 2. The summed E-state index contributed by atoms with van der Waals surface area (Å²) in [6, 6.07) is 14.7. The van der Waals surface area contributed by atoms with Crippen molar-refractivity contribution in [2.75, 3.05) is 5.32 Å². The van der Waals surface area contributed by atoms with E-state index in [0.717, 1.165) is 12.1 Å². The molecule has 1 aliphatic carbocycles. The summed E-state index contributed by atoms with van der Waals surface area (Å²) in [5, 5.41) is 3.29. The van der Waals surface area contributed by atoms with E-state index < -0.39 is 0 Å². The van der Waals surface area contributed by atoms with Crippen molar-refractivity contribution in [3.63, 3.8) is 0 Å². The molecule has 3 nitrogen and oxygen atoms in total. The lowest BCUT2D eigenvalue weighted by atomic mass is 9.90. The van der Waals surface area contributed by atoms with Crippen LogP contribution in [0.1, 0.15) is 35.1 Å². The normalized spacial score (nSPS) is 14.5. The molecule has 0 bridgehead atoms. The van der Waals surface area contributed by atoms with Crippen LogP contribution in [0.25, 0.3) is 0 Å². The monoisotopic (exact) mass is 293 g/mol. The highest BCUT2D eigenvalue weighted by molar-refractivity contribution is 5.93. The minimum atomic E-state index is 0.488. The quantitative estimate of drug-likeness (QED) is 0.668. The molecule has 1 aliphatic rings. The van der Waals surface area contributed by atoms with Crippen LogP contribution in [0.15, 0.2) is 47.5 Å². The molecule has 3 N–H and O–H groups in total. The van der Waals surface area contributed by atoms with Gasteiger partial charge in [0.2, 0.25) is 0 Å². The van der Waals surface area contributed by atoms with Crippen LogP contribution in [0.3, 0.4) is 0 Å². The average Bonchev–Trinajstić information content (AvgIpc) is 2.54. The Morgan fingerprint density at radius 3 is 2.77 bits per heavy atom. The van der Waals surface area contributed by atoms with E-state index in [0.29, 0.717) is 12.5 Å². The van der Waals surface area contributed by atoms with E-state index in [9.17, 15) is 0 Å². The smallest absolute Gasteiger partial charge is 0.193 e. The lowest BCUT2D eigenvalue weighted by Crippen LogP contribution is -2.24. The first-order valence-corrected chi connectivity index (χ1v) is 7.96. The maximum atomic E-state index is 6.08. The summed E-state index contributed by atoms with van der Waals surface area (Å²) < 4.78 is 0. The molecule has 0 saturated heterocycles. The highest BCUT2D eigenvalue weighted by Crippen LogP contribution is 2.27. The lowest BCUT2D eigenvalue weighted by Gasteiger charge is -2.19. The molecule has 0 aromatic heterocycles. The summed E-state index contributed by atoms with van der Waals surface area (Å²) in [4.78, 5) is 4.48.